The number of carbonyl (C=O) groups excluding carboxylic acids is 3. The summed E-state index contributed by atoms with van der Waals surface area (Å²) in [5.74, 6) is -1.14. The molecule has 1 atom stereocenters. The third-order valence-electron chi connectivity index (χ3n) is 7.23. The number of unbranched alkanes of at least 4 members (excludes halogenated alkanes) is 14. The van der Waals surface area contributed by atoms with Crippen molar-refractivity contribution in [2.24, 2.45) is 11.7 Å². The zero-order chi connectivity index (χ0) is 30.6. The third-order valence-corrected chi connectivity index (χ3v) is 7.23. The van der Waals surface area contributed by atoms with E-state index in [9.17, 15) is 14.4 Å². The first-order valence-electron chi connectivity index (χ1n) is 16.0. The fourth-order valence-corrected chi connectivity index (χ4v) is 4.31. The molecule has 240 valence electrons. The summed E-state index contributed by atoms with van der Waals surface area (Å²) in [7, 11) is 0. The maximum absolute atomic E-state index is 11.3. The highest BCUT2D eigenvalue weighted by Crippen LogP contribution is 2.18. The Hall–Kier alpha value is -1.81. The van der Waals surface area contributed by atoms with Crippen molar-refractivity contribution in [3.05, 3.63) is 12.2 Å². The number of carbonyl (C=O) groups is 3. The van der Waals surface area contributed by atoms with Gasteiger partial charge in [0.2, 0.25) is 0 Å². The molecule has 2 aliphatic rings. The van der Waals surface area contributed by atoms with Crippen LogP contribution in [0.1, 0.15) is 135 Å². The number of allylic oxidation sites excluding steroid dienone is 1. The van der Waals surface area contributed by atoms with Crippen molar-refractivity contribution in [1.29, 1.82) is 0 Å². The second kappa shape index (κ2) is 27.0. The molecule has 0 aliphatic carbocycles. The van der Waals surface area contributed by atoms with Crippen molar-refractivity contribution in [3.63, 3.8) is 0 Å². The van der Waals surface area contributed by atoms with Crippen molar-refractivity contribution in [2.75, 3.05) is 26.4 Å². The van der Waals surface area contributed by atoms with Crippen molar-refractivity contribution >= 4 is 17.9 Å². The van der Waals surface area contributed by atoms with Gasteiger partial charge in [-0.3, -0.25) is 14.4 Å². The largest absolute Gasteiger partial charge is 0.466 e. The number of ether oxygens (including phenoxy) is 2. The second-order valence-electron chi connectivity index (χ2n) is 11.3. The minimum Gasteiger partial charge on any atom is -0.466 e. The van der Waals surface area contributed by atoms with Gasteiger partial charge in [0, 0.05) is 6.42 Å². The molecule has 2 saturated heterocycles. The summed E-state index contributed by atoms with van der Waals surface area (Å²) in [4.78, 5) is 32.7. The first kappa shape index (κ1) is 39.2. The maximum Gasteiger partial charge on any atom is 0.321 e. The highest BCUT2D eigenvalue weighted by molar-refractivity contribution is 5.95. The van der Waals surface area contributed by atoms with Crippen LogP contribution < -0.4 is 5.73 Å². The molecule has 9 heteroatoms. The van der Waals surface area contributed by atoms with Gasteiger partial charge in [-0.15, -0.1) is 0 Å². The molecule has 0 radical (unpaired) electrons. The van der Waals surface area contributed by atoms with Gasteiger partial charge >= 0.3 is 17.9 Å². The van der Waals surface area contributed by atoms with Crippen LogP contribution >= 0.6 is 0 Å². The Labute approximate surface area is 248 Å². The molecule has 41 heavy (non-hydrogen) atoms. The van der Waals surface area contributed by atoms with E-state index in [2.05, 4.69) is 11.7 Å². The first-order valence-corrected chi connectivity index (χ1v) is 16.0. The Morgan fingerprint density at radius 2 is 1.27 bits per heavy atom. The van der Waals surface area contributed by atoms with E-state index < -0.39 is 31.3 Å². The van der Waals surface area contributed by atoms with E-state index in [0.29, 0.717) is 13.0 Å². The lowest BCUT2D eigenvalue weighted by atomic mass is 10.0. The summed E-state index contributed by atoms with van der Waals surface area (Å²) in [5.41, 5.74) is 3.94. The van der Waals surface area contributed by atoms with Crippen LogP contribution in [0.25, 0.3) is 0 Å². The van der Waals surface area contributed by atoms with Gasteiger partial charge in [0.25, 0.3) is 0 Å². The summed E-state index contributed by atoms with van der Waals surface area (Å²) in [6.45, 7) is 1.70. The molecule has 0 bridgehead atoms. The van der Waals surface area contributed by atoms with Crippen LogP contribution in [0.15, 0.2) is 12.2 Å². The Morgan fingerprint density at radius 3 is 1.71 bits per heavy atom. The number of rotatable bonds is 19. The average molecular weight is 586 g/mol. The molecule has 2 rings (SSSR count). The number of nitrogens with two attached hydrogens (primary N) is 1. The molecule has 0 saturated carbocycles. The quantitative estimate of drug-likeness (QED) is 0.0686. The molecule has 9 nitrogen and oxygen atoms in total. The lowest BCUT2D eigenvalue weighted by molar-refractivity contribution is -0.152. The average Bonchev–Trinajstić information content (AvgIpc) is 3.13. The van der Waals surface area contributed by atoms with Crippen LogP contribution in [-0.2, 0) is 23.9 Å². The van der Waals surface area contributed by atoms with Gasteiger partial charge in [-0.1, -0.05) is 103 Å². The van der Waals surface area contributed by atoms with E-state index in [-0.39, 0.29) is 24.3 Å². The van der Waals surface area contributed by atoms with E-state index in [1.165, 1.54) is 89.9 Å². The van der Waals surface area contributed by atoms with E-state index in [1.54, 1.807) is 0 Å². The molecule has 1 unspecified atom stereocenters. The summed E-state index contributed by atoms with van der Waals surface area (Å²) in [5, 5.41) is 25.0. The predicted octanol–water partition coefficient (Wildman–Crippen LogP) is 5.27. The Morgan fingerprint density at radius 1 is 0.756 bits per heavy atom. The van der Waals surface area contributed by atoms with E-state index in [1.807, 2.05) is 12.2 Å². The maximum atomic E-state index is 11.3. The third kappa shape index (κ3) is 23.4. The van der Waals surface area contributed by atoms with Crippen LogP contribution in [-0.4, -0.2) is 65.2 Å². The highest BCUT2D eigenvalue weighted by atomic mass is 16.6. The summed E-state index contributed by atoms with van der Waals surface area (Å²) in [6.07, 6.45) is 28.1. The Balaban J connectivity index is 0.000000807. The van der Waals surface area contributed by atoms with E-state index >= 15 is 0 Å². The van der Waals surface area contributed by atoms with Gasteiger partial charge in [-0.2, -0.15) is 0 Å². The molecule has 0 aromatic heterocycles. The van der Waals surface area contributed by atoms with Crippen molar-refractivity contribution in [2.45, 2.75) is 141 Å². The predicted molar refractivity (Wildman–Crippen MR) is 161 cm³/mol. The number of aliphatic hydroxyl groups excluding tert-OH is 3. The van der Waals surface area contributed by atoms with Crippen LogP contribution in [0.5, 0.6) is 0 Å². The smallest absolute Gasteiger partial charge is 0.321 e. The van der Waals surface area contributed by atoms with Crippen LogP contribution in [0, 0.1) is 5.92 Å². The van der Waals surface area contributed by atoms with E-state index in [4.69, 9.17) is 25.8 Å². The van der Waals surface area contributed by atoms with E-state index in [0.717, 1.165) is 25.7 Å². The summed E-state index contributed by atoms with van der Waals surface area (Å²) < 4.78 is 9.29. The number of cyclic esters (lactones) is 3. The van der Waals surface area contributed by atoms with Crippen molar-refractivity contribution in [3.8, 4) is 0 Å². The Bertz CT molecular complexity index is 675. The fourth-order valence-electron chi connectivity index (χ4n) is 4.31. The molecule has 5 N–H and O–H groups in total. The van der Waals surface area contributed by atoms with Gasteiger partial charge in [0.1, 0.15) is 0 Å². The van der Waals surface area contributed by atoms with Crippen LogP contribution in [0.2, 0.25) is 0 Å². The normalized spacial score (nSPS) is 17.3. The van der Waals surface area contributed by atoms with Crippen molar-refractivity contribution < 1.29 is 39.2 Å². The fraction of sp³-hybridized carbons (Fsp3) is 0.844. The number of esters is 3. The molecular formula is C32H59NO8. The van der Waals surface area contributed by atoms with Gasteiger partial charge in [0.15, 0.2) is 0 Å². The molecular weight excluding hydrogens is 526 g/mol. The summed E-state index contributed by atoms with van der Waals surface area (Å²) in [6, 6.07) is 0. The standard InChI is InChI=1S/C22H38O3.C6H10O2.C4H11NO3/c1-2-3-4-5-6-7-8-9-10-11-12-13-14-15-16-17-18-20-19-21(23)25-22(20)24;7-6-4-2-1-3-5-8-6;5-4(1-6,2-7)3-8/h17-18,20H,2-16,19H2,1H3;1-5H2;6-8H,1-3,5H2. The Kier molecular flexibility index (Phi) is 25.9. The lowest BCUT2D eigenvalue weighted by Crippen LogP contribution is -2.50. The minimum absolute atomic E-state index is 0.0255. The second-order valence-corrected chi connectivity index (χ2v) is 11.3. The summed E-state index contributed by atoms with van der Waals surface area (Å²) >= 11 is 0. The molecule has 0 aromatic rings. The molecule has 2 heterocycles. The zero-order valence-corrected chi connectivity index (χ0v) is 25.7. The van der Waals surface area contributed by atoms with Gasteiger partial charge < -0.3 is 30.5 Å². The SMILES string of the molecule is CCCCCCCCCCCCCCCCC=CC1CC(=O)OC1=O.NC(CO)(CO)CO.O=C1CCCCCO1. The number of hydrogen-bond donors (Lipinski definition) is 4. The van der Waals surface area contributed by atoms with Crippen LogP contribution in [0.3, 0.4) is 0 Å². The number of hydrogen-bond acceptors (Lipinski definition) is 9. The van der Waals surface area contributed by atoms with Crippen LogP contribution in [0.4, 0.5) is 0 Å². The van der Waals surface area contributed by atoms with Gasteiger partial charge in [-0.25, -0.2) is 0 Å². The first-order chi connectivity index (χ1) is 19.8. The monoisotopic (exact) mass is 585 g/mol. The van der Waals surface area contributed by atoms with Gasteiger partial charge in [-0.05, 0) is 32.1 Å². The minimum atomic E-state index is -1.21. The molecule has 0 aromatic carbocycles. The van der Waals surface area contributed by atoms with Gasteiger partial charge in [0.05, 0.1) is 44.3 Å². The molecule has 2 aliphatic heterocycles. The topological polar surface area (TPSA) is 156 Å². The molecule has 0 amide bonds. The zero-order valence-electron chi connectivity index (χ0n) is 25.7. The number of aliphatic hydroxyl groups is 3. The van der Waals surface area contributed by atoms with Crippen molar-refractivity contribution in [1.82, 2.24) is 0 Å². The molecule has 0 spiro atoms. The highest BCUT2D eigenvalue weighted by Gasteiger charge is 2.30. The lowest BCUT2D eigenvalue weighted by Gasteiger charge is -2.20. The molecule has 2 fully saturated rings.